The summed E-state index contributed by atoms with van der Waals surface area (Å²) in [6.45, 7) is 2.33. The summed E-state index contributed by atoms with van der Waals surface area (Å²) in [6, 6.07) is 4.07. The molecular weight excluding hydrogens is 455 g/mol. The first-order chi connectivity index (χ1) is 12.1. The van der Waals surface area contributed by atoms with Crippen molar-refractivity contribution in [1.82, 2.24) is 0 Å². The normalized spacial score (nSPS) is 12.3. The molecule has 0 spiro atoms. The molecule has 0 unspecified atom stereocenters. The van der Waals surface area contributed by atoms with Crippen LogP contribution in [0.2, 0.25) is 0 Å². The number of benzene rings is 1. The minimum Gasteiger partial charge on any atom is -0.478 e. The van der Waals surface area contributed by atoms with Crippen molar-refractivity contribution < 1.29 is 32.3 Å². The second-order valence-corrected chi connectivity index (χ2v) is 8.82. The molecule has 0 aliphatic heterocycles. The lowest BCUT2D eigenvalue weighted by molar-refractivity contribution is 0.0387. The van der Waals surface area contributed by atoms with E-state index in [9.17, 15) is 14.6 Å². The lowest BCUT2D eigenvalue weighted by Crippen LogP contribution is -2.17. The second-order valence-electron chi connectivity index (χ2n) is 4.94. The SMILES string of the molecule is CCOP(=O)(OCC)C(F)(F)c1sc2c(C#N)cc(C(=O)O)cc2c1Br. The molecule has 0 fully saturated rings. The van der Waals surface area contributed by atoms with Gasteiger partial charge in [-0.05, 0) is 41.9 Å². The molecule has 0 saturated heterocycles. The first-order valence-electron chi connectivity index (χ1n) is 7.29. The summed E-state index contributed by atoms with van der Waals surface area (Å²) in [4.78, 5) is 10.5. The molecule has 2 aromatic rings. The lowest BCUT2D eigenvalue weighted by atomic mass is 10.1. The number of thiophene rings is 1. The number of hydrogen-bond acceptors (Lipinski definition) is 6. The number of aromatic carboxylic acids is 1. The van der Waals surface area contributed by atoms with Crippen molar-refractivity contribution >= 4 is 50.9 Å². The highest BCUT2D eigenvalue weighted by molar-refractivity contribution is 9.10. The maximum atomic E-state index is 15.0. The van der Waals surface area contributed by atoms with Gasteiger partial charge in [0.1, 0.15) is 10.9 Å². The molecule has 1 aromatic carbocycles. The van der Waals surface area contributed by atoms with E-state index < -0.39 is 24.1 Å². The van der Waals surface area contributed by atoms with Gasteiger partial charge in [0.05, 0.1) is 29.0 Å². The van der Waals surface area contributed by atoms with Crippen LogP contribution in [0.4, 0.5) is 8.78 Å². The fourth-order valence-electron chi connectivity index (χ4n) is 2.23. The Kier molecular flexibility index (Phi) is 6.20. The number of nitriles is 1. The minimum absolute atomic E-state index is 0.0738. The van der Waals surface area contributed by atoms with Gasteiger partial charge in [-0.3, -0.25) is 4.57 Å². The van der Waals surface area contributed by atoms with E-state index in [-0.39, 0.29) is 38.9 Å². The van der Waals surface area contributed by atoms with Gasteiger partial charge in [-0.1, -0.05) is 0 Å². The summed E-state index contributed by atoms with van der Waals surface area (Å²) in [6.07, 6.45) is 0. The quantitative estimate of drug-likeness (QED) is 0.536. The zero-order valence-electron chi connectivity index (χ0n) is 13.6. The van der Waals surface area contributed by atoms with Crippen LogP contribution in [-0.2, 0) is 19.3 Å². The number of fused-ring (bicyclic) bond motifs is 1. The van der Waals surface area contributed by atoms with E-state index in [1.165, 1.54) is 19.9 Å². The molecule has 2 rings (SSSR count). The zero-order valence-corrected chi connectivity index (χ0v) is 16.9. The van der Waals surface area contributed by atoms with Crippen molar-refractivity contribution in [2.24, 2.45) is 0 Å². The average molecular weight is 468 g/mol. The third kappa shape index (κ3) is 3.42. The maximum absolute atomic E-state index is 15.0. The summed E-state index contributed by atoms with van der Waals surface area (Å²) in [5, 5.41) is 18.5. The van der Waals surface area contributed by atoms with Crippen molar-refractivity contribution in [3.05, 3.63) is 32.6 Å². The van der Waals surface area contributed by atoms with Crippen molar-refractivity contribution in [2.45, 2.75) is 19.5 Å². The standard InChI is InChI=1S/C15H13BrF2NO5PS/c1-3-23-25(22,24-4-2)15(17,18)13-11(16)10-6-8(14(20)21)5-9(7-19)12(10)26-13/h5-6H,3-4H2,1-2H3,(H,20,21). The third-order valence-electron chi connectivity index (χ3n) is 3.31. The van der Waals surface area contributed by atoms with E-state index in [0.717, 1.165) is 6.07 Å². The van der Waals surface area contributed by atoms with Crippen LogP contribution in [0.3, 0.4) is 0 Å². The van der Waals surface area contributed by atoms with E-state index in [1.807, 2.05) is 0 Å². The molecule has 1 aromatic heterocycles. The molecule has 11 heteroatoms. The minimum atomic E-state index is -4.83. The van der Waals surface area contributed by atoms with Crippen LogP contribution in [0.5, 0.6) is 0 Å². The summed E-state index contributed by atoms with van der Waals surface area (Å²) in [7, 11) is -4.83. The third-order valence-corrected chi connectivity index (χ3v) is 7.97. The van der Waals surface area contributed by atoms with Crippen LogP contribution < -0.4 is 0 Å². The number of carboxylic acids is 1. The Morgan fingerprint density at radius 1 is 1.38 bits per heavy atom. The lowest BCUT2D eigenvalue weighted by Gasteiger charge is -2.25. The van der Waals surface area contributed by atoms with E-state index in [1.54, 1.807) is 6.07 Å². The topological polar surface area (TPSA) is 96.6 Å². The first-order valence-corrected chi connectivity index (χ1v) is 10.4. The molecule has 140 valence electrons. The average Bonchev–Trinajstić information content (AvgIpc) is 2.92. The molecule has 1 N–H and O–H groups in total. The van der Waals surface area contributed by atoms with Crippen molar-refractivity contribution in [3.63, 3.8) is 0 Å². The van der Waals surface area contributed by atoms with Gasteiger partial charge in [-0.25, -0.2) is 4.79 Å². The van der Waals surface area contributed by atoms with Crippen LogP contribution in [0.1, 0.15) is 34.6 Å². The molecule has 0 saturated carbocycles. The summed E-state index contributed by atoms with van der Waals surface area (Å²) >= 11 is 3.56. The fraction of sp³-hybridized carbons (Fsp3) is 0.333. The highest BCUT2D eigenvalue weighted by Crippen LogP contribution is 2.69. The highest BCUT2D eigenvalue weighted by Gasteiger charge is 2.57. The molecule has 0 radical (unpaired) electrons. The van der Waals surface area contributed by atoms with Gasteiger partial charge in [-0.15, -0.1) is 11.3 Å². The molecule has 6 nitrogen and oxygen atoms in total. The molecule has 0 atom stereocenters. The Labute approximate surface area is 160 Å². The van der Waals surface area contributed by atoms with Crippen LogP contribution in [0.15, 0.2) is 16.6 Å². The van der Waals surface area contributed by atoms with Crippen LogP contribution in [0, 0.1) is 11.3 Å². The Balaban J connectivity index is 2.78. The molecule has 0 aliphatic rings. The number of nitrogens with zero attached hydrogens (tertiary/aromatic N) is 1. The predicted octanol–water partition coefficient (Wildman–Crippen LogP) is 5.55. The van der Waals surface area contributed by atoms with Crippen molar-refractivity contribution in [1.29, 1.82) is 5.26 Å². The van der Waals surface area contributed by atoms with Gasteiger partial charge in [-0.2, -0.15) is 14.0 Å². The zero-order chi connectivity index (χ0) is 19.7. The van der Waals surface area contributed by atoms with Gasteiger partial charge >= 0.3 is 19.2 Å². The molecular formula is C15H13BrF2NO5PS. The van der Waals surface area contributed by atoms with Gasteiger partial charge in [0.2, 0.25) is 0 Å². The molecule has 1 heterocycles. The molecule has 0 aliphatic carbocycles. The Bertz CT molecular complexity index is 946. The van der Waals surface area contributed by atoms with Crippen LogP contribution >= 0.6 is 34.9 Å². The fourth-order valence-corrected chi connectivity index (χ4v) is 6.25. The molecule has 0 bridgehead atoms. The summed E-state index contributed by atoms with van der Waals surface area (Å²) in [5.41, 5.74) is -4.28. The van der Waals surface area contributed by atoms with Crippen molar-refractivity contribution in [2.75, 3.05) is 13.2 Å². The van der Waals surface area contributed by atoms with E-state index in [0.29, 0.717) is 11.3 Å². The summed E-state index contributed by atoms with van der Waals surface area (Å²) < 4.78 is 52.2. The largest absolute Gasteiger partial charge is 0.478 e. The van der Waals surface area contributed by atoms with Crippen LogP contribution in [0.25, 0.3) is 10.1 Å². The van der Waals surface area contributed by atoms with Crippen LogP contribution in [-0.4, -0.2) is 24.3 Å². The highest BCUT2D eigenvalue weighted by atomic mass is 79.9. The number of hydrogen-bond donors (Lipinski definition) is 1. The first kappa shape index (κ1) is 20.9. The number of halogens is 3. The molecule has 26 heavy (non-hydrogen) atoms. The monoisotopic (exact) mass is 467 g/mol. The summed E-state index contributed by atoms with van der Waals surface area (Å²) in [5.74, 6) is -1.30. The van der Waals surface area contributed by atoms with E-state index >= 15 is 8.78 Å². The van der Waals surface area contributed by atoms with E-state index in [2.05, 4.69) is 15.9 Å². The van der Waals surface area contributed by atoms with Gasteiger partial charge < -0.3 is 14.2 Å². The van der Waals surface area contributed by atoms with Gasteiger partial charge in [0.15, 0.2) is 0 Å². The Morgan fingerprint density at radius 3 is 2.42 bits per heavy atom. The predicted molar refractivity (Wildman–Crippen MR) is 96.0 cm³/mol. The number of alkyl halides is 2. The smallest absolute Gasteiger partial charge is 0.405 e. The van der Waals surface area contributed by atoms with E-state index in [4.69, 9.17) is 14.2 Å². The Hall–Kier alpha value is -1.37. The van der Waals surface area contributed by atoms with Crippen molar-refractivity contribution in [3.8, 4) is 6.07 Å². The second kappa shape index (κ2) is 7.71. The number of carbonyl (C=O) groups is 1. The number of carboxylic acid groups (broad SMARTS) is 1. The molecule has 0 amide bonds. The maximum Gasteiger partial charge on any atom is 0.405 e. The Morgan fingerprint density at radius 2 is 1.96 bits per heavy atom. The van der Waals surface area contributed by atoms with Gasteiger partial charge in [0, 0.05) is 9.86 Å². The van der Waals surface area contributed by atoms with Gasteiger partial charge in [0.25, 0.3) is 0 Å². The number of rotatable bonds is 7.